The van der Waals surface area contributed by atoms with Crippen LogP contribution in [0.4, 0.5) is 0 Å². The van der Waals surface area contributed by atoms with E-state index < -0.39 is 40.9 Å². The Morgan fingerprint density at radius 2 is 1.73 bits per heavy atom. The van der Waals surface area contributed by atoms with E-state index in [0.29, 0.717) is 6.42 Å². The number of hydrogen-bond donors (Lipinski definition) is 3. The maximum Gasteiger partial charge on any atom is 0.176 e. The molecule has 5 heteroatoms. The van der Waals surface area contributed by atoms with E-state index in [1.54, 1.807) is 19.1 Å². The van der Waals surface area contributed by atoms with Crippen LogP contribution in [-0.2, 0) is 9.59 Å². The van der Waals surface area contributed by atoms with Gasteiger partial charge in [0.25, 0.3) is 0 Å². The number of allylic oxidation sites excluding steroid dienone is 4. The number of rotatable bonds is 8. The van der Waals surface area contributed by atoms with Crippen molar-refractivity contribution in [1.82, 2.24) is 0 Å². The second kappa shape index (κ2) is 8.78. The van der Waals surface area contributed by atoms with Gasteiger partial charge in [-0.05, 0) is 47.0 Å². The highest BCUT2D eigenvalue weighted by Crippen LogP contribution is 2.43. The van der Waals surface area contributed by atoms with E-state index in [4.69, 9.17) is 0 Å². The molecule has 0 amide bonds. The van der Waals surface area contributed by atoms with Crippen molar-refractivity contribution in [2.24, 2.45) is 11.8 Å². The molecule has 26 heavy (non-hydrogen) atoms. The highest BCUT2D eigenvalue weighted by Gasteiger charge is 2.58. The number of aliphatic hydroxyl groups excluding tert-OH is 2. The van der Waals surface area contributed by atoms with Crippen LogP contribution in [0, 0.1) is 11.8 Å². The Labute approximate surface area is 156 Å². The minimum atomic E-state index is -2.16. The van der Waals surface area contributed by atoms with Crippen molar-refractivity contribution in [2.45, 2.75) is 72.5 Å². The van der Waals surface area contributed by atoms with Gasteiger partial charge in [0, 0.05) is 5.92 Å². The Kier molecular flexibility index (Phi) is 7.54. The summed E-state index contributed by atoms with van der Waals surface area (Å²) in [5.41, 5.74) is -0.629. The lowest BCUT2D eigenvalue weighted by Gasteiger charge is -2.33. The van der Waals surface area contributed by atoms with Crippen molar-refractivity contribution in [3.63, 3.8) is 0 Å². The molecule has 0 aromatic carbocycles. The van der Waals surface area contributed by atoms with E-state index in [9.17, 15) is 24.9 Å². The van der Waals surface area contributed by atoms with Crippen LogP contribution >= 0.6 is 0 Å². The van der Waals surface area contributed by atoms with Gasteiger partial charge < -0.3 is 15.3 Å². The molecule has 2 unspecified atom stereocenters. The molecule has 1 aliphatic carbocycles. The molecule has 1 rings (SSSR count). The van der Waals surface area contributed by atoms with Crippen molar-refractivity contribution in [3.05, 3.63) is 34.6 Å². The zero-order chi connectivity index (χ0) is 20.2. The zero-order valence-electron chi connectivity index (χ0n) is 16.7. The van der Waals surface area contributed by atoms with E-state index in [2.05, 4.69) is 0 Å². The summed E-state index contributed by atoms with van der Waals surface area (Å²) in [5.74, 6) is -3.29. The summed E-state index contributed by atoms with van der Waals surface area (Å²) in [6.45, 7) is 10.9. The molecule has 0 fully saturated rings. The average Bonchev–Trinajstić information content (AvgIpc) is 2.76. The van der Waals surface area contributed by atoms with Gasteiger partial charge in [0.1, 0.15) is 11.3 Å². The van der Waals surface area contributed by atoms with Crippen molar-refractivity contribution < 1.29 is 24.9 Å². The van der Waals surface area contributed by atoms with Crippen LogP contribution in [0.3, 0.4) is 0 Å². The molecule has 3 N–H and O–H groups in total. The number of aliphatic hydroxyl groups is 3. The van der Waals surface area contributed by atoms with Crippen LogP contribution in [0.25, 0.3) is 0 Å². The summed E-state index contributed by atoms with van der Waals surface area (Å²) < 4.78 is 0. The Hall–Kier alpha value is -1.72. The van der Waals surface area contributed by atoms with Crippen LogP contribution < -0.4 is 0 Å². The van der Waals surface area contributed by atoms with E-state index >= 15 is 0 Å². The molecule has 0 saturated heterocycles. The van der Waals surface area contributed by atoms with E-state index in [1.807, 2.05) is 34.6 Å². The predicted octanol–water partition coefficient (Wildman–Crippen LogP) is 3.42. The molecule has 4 atom stereocenters. The number of Topliss-reactive ketones (excluding diaryl/α,β-unsaturated/α-hetero) is 2. The van der Waals surface area contributed by atoms with E-state index in [1.165, 1.54) is 0 Å². The molecule has 0 aromatic heterocycles. The predicted molar refractivity (Wildman–Crippen MR) is 102 cm³/mol. The number of carbonyl (C=O) groups excluding carboxylic acids is 2. The standard InChI is InChI=1S/C21H32O5/c1-7-14(6)18(23)17-19(24)15(10-8-12(2)3)21(26,20(17)25)16(22)11-9-13(4)5/h8-9,14-16,22,25-26H,7,10-11H2,1-6H3/t14?,15-,16-,21?/m1/s1. The molecule has 0 heterocycles. The van der Waals surface area contributed by atoms with Crippen LogP contribution in [-0.4, -0.2) is 38.6 Å². The Morgan fingerprint density at radius 1 is 1.19 bits per heavy atom. The smallest absolute Gasteiger partial charge is 0.176 e. The monoisotopic (exact) mass is 364 g/mol. The van der Waals surface area contributed by atoms with E-state index in [0.717, 1.165) is 11.1 Å². The maximum atomic E-state index is 12.9. The lowest BCUT2D eigenvalue weighted by atomic mass is 9.80. The number of ketones is 2. The fourth-order valence-electron chi connectivity index (χ4n) is 3.08. The van der Waals surface area contributed by atoms with Crippen molar-refractivity contribution >= 4 is 11.6 Å². The van der Waals surface area contributed by atoms with Crippen molar-refractivity contribution in [3.8, 4) is 0 Å². The van der Waals surface area contributed by atoms with E-state index in [-0.39, 0.29) is 18.4 Å². The second-order valence-electron chi connectivity index (χ2n) is 7.69. The zero-order valence-corrected chi connectivity index (χ0v) is 16.7. The molecule has 0 spiro atoms. The molecule has 0 aliphatic heterocycles. The van der Waals surface area contributed by atoms with Crippen molar-refractivity contribution in [1.29, 1.82) is 0 Å². The van der Waals surface area contributed by atoms with Crippen LogP contribution in [0.15, 0.2) is 34.6 Å². The highest BCUT2D eigenvalue weighted by molar-refractivity contribution is 6.24. The molecular weight excluding hydrogens is 332 g/mol. The Balaban J connectivity index is 3.43. The summed E-state index contributed by atoms with van der Waals surface area (Å²) in [6.07, 6.45) is 2.84. The Bertz CT molecular complexity index is 647. The summed E-state index contributed by atoms with van der Waals surface area (Å²) in [6, 6.07) is 0. The van der Waals surface area contributed by atoms with Gasteiger partial charge in [-0.3, -0.25) is 9.59 Å². The van der Waals surface area contributed by atoms with Gasteiger partial charge in [0.05, 0.1) is 12.0 Å². The largest absolute Gasteiger partial charge is 0.508 e. The van der Waals surface area contributed by atoms with Gasteiger partial charge in [-0.2, -0.15) is 0 Å². The van der Waals surface area contributed by atoms with Gasteiger partial charge >= 0.3 is 0 Å². The third-order valence-corrected chi connectivity index (χ3v) is 5.04. The second-order valence-corrected chi connectivity index (χ2v) is 7.69. The molecule has 0 saturated carbocycles. The SMILES string of the molecule is CCC(C)C(=O)C1=C(O)C(O)([C@H](O)CC=C(C)C)[C@H](CC=C(C)C)C1=O. The fraction of sp³-hybridized carbons (Fsp3) is 0.619. The summed E-state index contributed by atoms with van der Waals surface area (Å²) in [4.78, 5) is 25.5. The van der Waals surface area contributed by atoms with Gasteiger partial charge in [0.15, 0.2) is 17.2 Å². The average molecular weight is 364 g/mol. The van der Waals surface area contributed by atoms with Gasteiger partial charge in [-0.25, -0.2) is 0 Å². The quantitative estimate of drug-likeness (QED) is 0.453. The van der Waals surface area contributed by atoms with Crippen LogP contribution in [0.5, 0.6) is 0 Å². The third-order valence-electron chi connectivity index (χ3n) is 5.04. The van der Waals surface area contributed by atoms with Crippen LogP contribution in [0.1, 0.15) is 60.8 Å². The number of carbonyl (C=O) groups is 2. The van der Waals surface area contributed by atoms with Gasteiger partial charge in [-0.15, -0.1) is 0 Å². The van der Waals surface area contributed by atoms with Gasteiger partial charge in [0.2, 0.25) is 0 Å². The number of hydrogen-bond acceptors (Lipinski definition) is 5. The normalized spacial score (nSPS) is 25.1. The van der Waals surface area contributed by atoms with Gasteiger partial charge in [-0.1, -0.05) is 37.1 Å². The molecule has 146 valence electrons. The van der Waals surface area contributed by atoms with Crippen LogP contribution in [0.2, 0.25) is 0 Å². The molecular formula is C21H32O5. The first kappa shape index (κ1) is 22.3. The first-order valence-corrected chi connectivity index (χ1v) is 9.17. The fourth-order valence-corrected chi connectivity index (χ4v) is 3.08. The summed E-state index contributed by atoms with van der Waals surface area (Å²) in [5, 5.41) is 32.4. The molecule has 5 nitrogen and oxygen atoms in total. The summed E-state index contributed by atoms with van der Waals surface area (Å²) in [7, 11) is 0. The third kappa shape index (κ3) is 4.33. The maximum absolute atomic E-state index is 12.9. The lowest BCUT2D eigenvalue weighted by molar-refractivity contribution is -0.134. The molecule has 0 radical (unpaired) electrons. The topological polar surface area (TPSA) is 94.8 Å². The first-order valence-electron chi connectivity index (χ1n) is 9.17. The first-order chi connectivity index (χ1) is 12.0. The van der Waals surface area contributed by atoms with Crippen molar-refractivity contribution in [2.75, 3.05) is 0 Å². The molecule has 0 bridgehead atoms. The Morgan fingerprint density at radius 3 is 2.19 bits per heavy atom. The lowest BCUT2D eigenvalue weighted by Crippen LogP contribution is -2.49. The highest BCUT2D eigenvalue weighted by atomic mass is 16.4. The molecule has 1 aliphatic rings. The molecule has 0 aromatic rings. The minimum Gasteiger partial charge on any atom is -0.508 e. The minimum absolute atomic E-state index is 0.0757. The summed E-state index contributed by atoms with van der Waals surface area (Å²) >= 11 is 0.